The highest BCUT2D eigenvalue weighted by Crippen LogP contribution is 2.20. The van der Waals surface area contributed by atoms with Gasteiger partial charge in [0.05, 0.1) is 6.61 Å². The molecule has 0 N–H and O–H groups in total. The molecule has 0 fully saturated rings. The van der Waals surface area contributed by atoms with Crippen LogP contribution in [-0.4, -0.2) is 11.6 Å². The summed E-state index contributed by atoms with van der Waals surface area (Å²) in [6, 6.07) is 11.2. The zero-order valence-electron chi connectivity index (χ0n) is 10.1. The molecule has 4 heteroatoms. The van der Waals surface area contributed by atoms with Gasteiger partial charge in [-0.3, -0.25) is 0 Å². The van der Waals surface area contributed by atoms with Gasteiger partial charge in [0.1, 0.15) is 23.3 Å². The molecule has 94 valence electrons. The SMILES string of the molecule is CCOc1cccc(OCc2ccc(Cl)nc2)c1. The number of aromatic nitrogens is 1. The molecule has 0 aliphatic rings. The molecule has 0 radical (unpaired) electrons. The van der Waals surface area contributed by atoms with E-state index < -0.39 is 0 Å². The van der Waals surface area contributed by atoms with E-state index in [0.717, 1.165) is 17.1 Å². The Kier molecular flexibility index (Phi) is 4.42. The predicted octanol–water partition coefficient (Wildman–Crippen LogP) is 3.71. The summed E-state index contributed by atoms with van der Waals surface area (Å²) in [7, 11) is 0. The Morgan fingerprint density at radius 1 is 1.11 bits per heavy atom. The molecule has 2 aromatic rings. The van der Waals surface area contributed by atoms with Crippen LogP contribution < -0.4 is 9.47 Å². The zero-order chi connectivity index (χ0) is 12.8. The van der Waals surface area contributed by atoms with Gasteiger partial charge in [-0.1, -0.05) is 23.7 Å². The third-order valence-electron chi connectivity index (χ3n) is 2.31. The van der Waals surface area contributed by atoms with Crippen LogP contribution in [0.1, 0.15) is 12.5 Å². The van der Waals surface area contributed by atoms with Crippen molar-refractivity contribution in [3.8, 4) is 11.5 Å². The molecule has 1 heterocycles. The zero-order valence-corrected chi connectivity index (χ0v) is 10.9. The molecule has 0 amide bonds. The Labute approximate surface area is 111 Å². The molecule has 0 bridgehead atoms. The second-order valence-electron chi connectivity index (χ2n) is 3.69. The molecule has 0 unspecified atom stereocenters. The largest absolute Gasteiger partial charge is 0.494 e. The van der Waals surface area contributed by atoms with E-state index in [1.54, 1.807) is 12.3 Å². The first kappa shape index (κ1) is 12.7. The normalized spacial score (nSPS) is 10.1. The molecular formula is C14H14ClNO2. The lowest BCUT2D eigenvalue weighted by Gasteiger charge is -2.08. The fraction of sp³-hybridized carbons (Fsp3) is 0.214. The quantitative estimate of drug-likeness (QED) is 0.771. The minimum atomic E-state index is 0.458. The third-order valence-corrected chi connectivity index (χ3v) is 2.53. The van der Waals surface area contributed by atoms with Crippen LogP contribution in [0.25, 0.3) is 0 Å². The number of pyridine rings is 1. The highest BCUT2D eigenvalue weighted by molar-refractivity contribution is 6.29. The second kappa shape index (κ2) is 6.26. The molecule has 0 atom stereocenters. The van der Waals surface area contributed by atoms with Gasteiger partial charge in [-0.05, 0) is 25.1 Å². The van der Waals surface area contributed by atoms with Crippen LogP contribution in [0.5, 0.6) is 11.5 Å². The Morgan fingerprint density at radius 3 is 2.56 bits per heavy atom. The highest BCUT2D eigenvalue weighted by atomic mass is 35.5. The molecule has 0 aliphatic carbocycles. The number of rotatable bonds is 5. The van der Waals surface area contributed by atoms with E-state index in [1.165, 1.54) is 0 Å². The molecular weight excluding hydrogens is 250 g/mol. The van der Waals surface area contributed by atoms with Crippen molar-refractivity contribution in [2.24, 2.45) is 0 Å². The van der Waals surface area contributed by atoms with Crippen LogP contribution >= 0.6 is 11.6 Å². The Morgan fingerprint density at radius 2 is 1.89 bits per heavy atom. The van der Waals surface area contributed by atoms with E-state index in [2.05, 4.69) is 4.98 Å². The van der Waals surface area contributed by atoms with Gasteiger partial charge in [0.2, 0.25) is 0 Å². The number of ether oxygens (including phenoxy) is 2. The van der Waals surface area contributed by atoms with E-state index in [1.807, 2.05) is 37.3 Å². The van der Waals surface area contributed by atoms with Crippen LogP contribution in [0.15, 0.2) is 42.6 Å². The van der Waals surface area contributed by atoms with Gasteiger partial charge in [-0.25, -0.2) is 4.98 Å². The summed E-state index contributed by atoms with van der Waals surface area (Å²) < 4.78 is 11.1. The van der Waals surface area contributed by atoms with Gasteiger partial charge < -0.3 is 9.47 Å². The van der Waals surface area contributed by atoms with Gasteiger partial charge >= 0.3 is 0 Å². The minimum Gasteiger partial charge on any atom is -0.494 e. The standard InChI is InChI=1S/C14H14ClNO2/c1-2-17-12-4-3-5-13(8-12)18-10-11-6-7-14(15)16-9-11/h3-9H,2,10H2,1H3. The van der Waals surface area contributed by atoms with Crippen molar-refractivity contribution in [2.75, 3.05) is 6.61 Å². The Balaban J connectivity index is 1.97. The average molecular weight is 264 g/mol. The van der Waals surface area contributed by atoms with Crippen molar-refractivity contribution < 1.29 is 9.47 Å². The number of hydrogen-bond donors (Lipinski definition) is 0. The van der Waals surface area contributed by atoms with Gasteiger partial charge in [-0.15, -0.1) is 0 Å². The summed E-state index contributed by atoms with van der Waals surface area (Å²) in [6.45, 7) is 3.05. The van der Waals surface area contributed by atoms with Crippen LogP contribution in [0.4, 0.5) is 0 Å². The highest BCUT2D eigenvalue weighted by Gasteiger charge is 1.99. The fourth-order valence-electron chi connectivity index (χ4n) is 1.48. The van der Waals surface area contributed by atoms with Gasteiger partial charge in [0.25, 0.3) is 0 Å². The summed E-state index contributed by atoms with van der Waals surface area (Å²) in [4.78, 5) is 4.00. The molecule has 3 nitrogen and oxygen atoms in total. The Bertz CT molecular complexity index is 499. The molecule has 0 spiro atoms. The molecule has 1 aromatic heterocycles. The van der Waals surface area contributed by atoms with Crippen molar-refractivity contribution in [1.82, 2.24) is 4.98 Å². The summed E-state index contributed by atoms with van der Waals surface area (Å²) in [5.41, 5.74) is 0.973. The van der Waals surface area contributed by atoms with Crippen molar-refractivity contribution >= 4 is 11.6 Å². The lowest BCUT2D eigenvalue weighted by Crippen LogP contribution is -1.97. The number of halogens is 1. The molecule has 1 aromatic carbocycles. The van der Waals surface area contributed by atoms with Gasteiger partial charge in [0, 0.05) is 17.8 Å². The van der Waals surface area contributed by atoms with Gasteiger partial charge in [0.15, 0.2) is 0 Å². The molecule has 2 rings (SSSR count). The summed E-state index contributed by atoms with van der Waals surface area (Å²) in [5, 5.41) is 0.483. The van der Waals surface area contributed by atoms with Gasteiger partial charge in [-0.2, -0.15) is 0 Å². The van der Waals surface area contributed by atoms with E-state index in [0.29, 0.717) is 18.4 Å². The maximum atomic E-state index is 5.72. The van der Waals surface area contributed by atoms with E-state index in [4.69, 9.17) is 21.1 Å². The number of nitrogens with zero attached hydrogens (tertiary/aromatic N) is 1. The van der Waals surface area contributed by atoms with Crippen molar-refractivity contribution in [3.63, 3.8) is 0 Å². The van der Waals surface area contributed by atoms with E-state index in [-0.39, 0.29) is 0 Å². The van der Waals surface area contributed by atoms with Crippen molar-refractivity contribution in [3.05, 3.63) is 53.3 Å². The first-order chi connectivity index (χ1) is 8.78. The first-order valence-corrected chi connectivity index (χ1v) is 6.12. The monoisotopic (exact) mass is 263 g/mol. The van der Waals surface area contributed by atoms with Crippen LogP contribution in [0.3, 0.4) is 0 Å². The maximum Gasteiger partial charge on any atom is 0.129 e. The molecule has 18 heavy (non-hydrogen) atoms. The molecule has 0 saturated carbocycles. The summed E-state index contributed by atoms with van der Waals surface area (Å²) >= 11 is 5.72. The summed E-state index contributed by atoms with van der Waals surface area (Å²) in [6.07, 6.45) is 1.70. The average Bonchev–Trinajstić information content (AvgIpc) is 2.39. The number of benzene rings is 1. The lowest BCUT2D eigenvalue weighted by atomic mass is 10.3. The number of hydrogen-bond acceptors (Lipinski definition) is 3. The smallest absolute Gasteiger partial charge is 0.129 e. The third kappa shape index (κ3) is 3.64. The first-order valence-electron chi connectivity index (χ1n) is 5.74. The van der Waals surface area contributed by atoms with Crippen molar-refractivity contribution in [1.29, 1.82) is 0 Å². The Hall–Kier alpha value is -1.74. The fourth-order valence-corrected chi connectivity index (χ4v) is 1.59. The predicted molar refractivity (Wildman–Crippen MR) is 71.2 cm³/mol. The molecule has 0 saturated heterocycles. The van der Waals surface area contributed by atoms with Crippen LogP contribution in [0.2, 0.25) is 5.15 Å². The maximum absolute atomic E-state index is 5.72. The summed E-state index contributed by atoms with van der Waals surface area (Å²) in [5.74, 6) is 1.58. The molecule has 0 aliphatic heterocycles. The van der Waals surface area contributed by atoms with Crippen LogP contribution in [0, 0.1) is 0 Å². The van der Waals surface area contributed by atoms with Crippen LogP contribution in [-0.2, 0) is 6.61 Å². The minimum absolute atomic E-state index is 0.458. The van der Waals surface area contributed by atoms with E-state index in [9.17, 15) is 0 Å². The second-order valence-corrected chi connectivity index (χ2v) is 4.07. The van der Waals surface area contributed by atoms with Crippen molar-refractivity contribution in [2.45, 2.75) is 13.5 Å². The van der Waals surface area contributed by atoms with E-state index >= 15 is 0 Å². The lowest BCUT2D eigenvalue weighted by molar-refractivity contribution is 0.299. The topological polar surface area (TPSA) is 31.4 Å².